The zero-order valence-electron chi connectivity index (χ0n) is 18.1. The summed E-state index contributed by atoms with van der Waals surface area (Å²) in [5.74, 6) is 0.414. The van der Waals surface area contributed by atoms with Gasteiger partial charge in [0.25, 0.3) is 5.91 Å². The normalized spacial score (nSPS) is 22.1. The van der Waals surface area contributed by atoms with Crippen LogP contribution in [0.5, 0.6) is 5.75 Å². The SMILES string of the molecule is COc1cccc2c1N(C(=O)c1cccc(S(=O)(=O)N3CC(C)OC(C)C3)c1)CCC2. The molecule has 2 aliphatic heterocycles. The Kier molecular flexibility index (Phi) is 6.05. The van der Waals surface area contributed by atoms with Crippen molar-refractivity contribution in [1.82, 2.24) is 4.31 Å². The molecule has 31 heavy (non-hydrogen) atoms. The van der Waals surface area contributed by atoms with Crippen LogP contribution in [0.3, 0.4) is 0 Å². The van der Waals surface area contributed by atoms with Crippen LogP contribution in [0.1, 0.15) is 36.2 Å². The van der Waals surface area contributed by atoms with E-state index in [0.717, 1.165) is 24.1 Å². The zero-order valence-corrected chi connectivity index (χ0v) is 18.9. The lowest BCUT2D eigenvalue weighted by molar-refractivity contribution is -0.0440. The highest BCUT2D eigenvalue weighted by atomic mass is 32.2. The number of anilines is 1. The summed E-state index contributed by atoms with van der Waals surface area (Å²) >= 11 is 0. The number of morpholine rings is 1. The van der Waals surface area contributed by atoms with Gasteiger partial charge in [-0.05, 0) is 56.5 Å². The van der Waals surface area contributed by atoms with E-state index in [2.05, 4.69) is 0 Å². The minimum atomic E-state index is -3.73. The van der Waals surface area contributed by atoms with Crippen molar-refractivity contribution in [2.45, 2.75) is 43.8 Å². The van der Waals surface area contributed by atoms with Gasteiger partial charge in [-0.1, -0.05) is 18.2 Å². The molecule has 0 saturated carbocycles. The average Bonchev–Trinajstić information content (AvgIpc) is 2.77. The largest absolute Gasteiger partial charge is 0.495 e. The third kappa shape index (κ3) is 4.20. The summed E-state index contributed by atoms with van der Waals surface area (Å²) in [4.78, 5) is 15.3. The number of hydrogen-bond acceptors (Lipinski definition) is 5. The van der Waals surface area contributed by atoms with Gasteiger partial charge in [0, 0.05) is 25.2 Å². The highest BCUT2D eigenvalue weighted by Crippen LogP contribution is 2.37. The van der Waals surface area contributed by atoms with Crippen molar-refractivity contribution in [1.29, 1.82) is 0 Å². The summed E-state index contributed by atoms with van der Waals surface area (Å²) in [6.45, 7) is 4.86. The molecule has 0 bridgehead atoms. The number of methoxy groups -OCH3 is 1. The lowest BCUT2D eigenvalue weighted by Gasteiger charge is -2.34. The van der Waals surface area contributed by atoms with Gasteiger partial charge in [-0.15, -0.1) is 0 Å². The summed E-state index contributed by atoms with van der Waals surface area (Å²) in [5, 5.41) is 0. The van der Waals surface area contributed by atoms with Crippen LogP contribution in [0.15, 0.2) is 47.4 Å². The molecule has 166 valence electrons. The lowest BCUT2D eigenvalue weighted by Crippen LogP contribution is -2.48. The van der Waals surface area contributed by atoms with Crippen LogP contribution in [0.2, 0.25) is 0 Å². The van der Waals surface area contributed by atoms with Crippen LogP contribution in [0, 0.1) is 0 Å². The Labute approximate surface area is 183 Å². The number of rotatable bonds is 4. The van der Waals surface area contributed by atoms with Gasteiger partial charge in [0.2, 0.25) is 10.0 Å². The number of hydrogen-bond donors (Lipinski definition) is 0. The predicted molar refractivity (Wildman–Crippen MR) is 118 cm³/mol. The van der Waals surface area contributed by atoms with Gasteiger partial charge in [-0.3, -0.25) is 4.79 Å². The van der Waals surface area contributed by atoms with E-state index < -0.39 is 10.0 Å². The van der Waals surface area contributed by atoms with E-state index in [9.17, 15) is 13.2 Å². The van der Waals surface area contributed by atoms with Crippen LogP contribution >= 0.6 is 0 Å². The van der Waals surface area contributed by atoms with Crippen LogP contribution in [0.4, 0.5) is 5.69 Å². The number of carbonyl (C=O) groups excluding carboxylic acids is 1. The molecule has 1 amide bonds. The minimum Gasteiger partial charge on any atom is -0.495 e. The molecule has 2 aromatic carbocycles. The van der Waals surface area contributed by atoms with Crippen molar-refractivity contribution in [3.05, 3.63) is 53.6 Å². The molecule has 2 aliphatic rings. The second kappa shape index (κ2) is 8.61. The highest BCUT2D eigenvalue weighted by molar-refractivity contribution is 7.89. The first kappa shape index (κ1) is 21.8. The van der Waals surface area contributed by atoms with Gasteiger partial charge in [0.1, 0.15) is 5.75 Å². The number of aryl methyl sites for hydroxylation is 1. The molecule has 0 N–H and O–H groups in total. The molecular formula is C23H28N2O5S. The predicted octanol–water partition coefficient (Wildman–Crippen LogP) is 3.09. The summed E-state index contributed by atoms with van der Waals surface area (Å²) in [6.07, 6.45) is 1.35. The van der Waals surface area contributed by atoms with Gasteiger partial charge < -0.3 is 14.4 Å². The molecule has 0 aromatic heterocycles. The molecule has 8 heteroatoms. The fourth-order valence-electron chi connectivity index (χ4n) is 4.40. The molecule has 0 radical (unpaired) electrons. The van der Waals surface area contributed by atoms with Crippen LogP contribution < -0.4 is 9.64 Å². The van der Waals surface area contributed by atoms with Gasteiger partial charge >= 0.3 is 0 Å². The van der Waals surface area contributed by atoms with Crippen LogP contribution in [0.25, 0.3) is 0 Å². The van der Waals surface area contributed by atoms with Crippen molar-refractivity contribution in [2.24, 2.45) is 0 Å². The maximum atomic E-state index is 13.4. The Morgan fingerprint density at radius 1 is 1.10 bits per heavy atom. The molecule has 2 unspecified atom stereocenters. The van der Waals surface area contributed by atoms with Crippen molar-refractivity contribution in [3.8, 4) is 5.75 Å². The molecular weight excluding hydrogens is 416 g/mol. The van der Waals surface area contributed by atoms with Gasteiger partial charge in [0.05, 0.1) is 29.9 Å². The minimum absolute atomic E-state index is 0.122. The molecule has 2 atom stereocenters. The standard InChI is InChI=1S/C23H28N2O5S/c1-16-14-24(15-17(2)30-16)31(27,28)20-10-4-8-19(13-20)23(26)25-12-6-9-18-7-5-11-21(29-3)22(18)25/h4-5,7-8,10-11,13,16-17H,6,9,12,14-15H2,1-3H3. The third-order valence-corrected chi connectivity index (χ3v) is 7.58. The summed E-state index contributed by atoms with van der Waals surface area (Å²) in [5.41, 5.74) is 2.17. The maximum absolute atomic E-state index is 13.4. The Morgan fingerprint density at radius 2 is 1.81 bits per heavy atom. The third-order valence-electron chi connectivity index (χ3n) is 5.75. The lowest BCUT2D eigenvalue weighted by atomic mass is 10.00. The number of ether oxygens (including phenoxy) is 2. The second-order valence-corrected chi connectivity index (χ2v) is 10.1. The number of benzene rings is 2. The Bertz CT molecular complexity index is 1060. The summed E-state index contributed by atoms with van der Waals surface area (Å²) in [6, 6.07) is 12.1. The van der Waals surface area contributed by atoms with Crippen LogP contribution in [-0.2, 0) is 21.2 Å². The smallest absolute Gasteiger partial charge is 0.258 e. The van der Waals surface area contributed by atoms with Gasteiger partial charge in [-0.25, -0.2) is 8.42 Å². The first-order chi connectivity index (χ1) is 14.8. The molecule has 0 aliphatic carbocycles. The molecule has 2 heterocycles. The van der Waals surface area contributed by atoms with E-state index in [1.165, 1.54) is 10.4 Å². The number of amides is 1. The van der Waals surface area contributed by atoms with E-state index in [1.54, 1.807) is 30.2 Å². The second-order valence-electron chi connectivity index (χ2n) is 8.14. The Hall–Kier alpha value is -2.42. The molecule has 0 spiro atoms. The van der Waals surface area contributed by atoms with Crippen molar-refractivity contribution in [2.75, 3.05) is 31.6 Å². The van der Waals surface area contributed by atoms with E-state index in [0.29, 0.717) is 30.9 Å². The number of para-hydroxylation sites is 1. The van der Waals surface area contributed by atoms with E-state index in [1.807, 2.05) is 32.0 Å². The van der Waals surface area contributed by atoms with Crippen molar-refractivity contribution < 1.29 is 22.7 Å². The number of sulfonamides is 1. The quantitative estimate of drug-likeness (QED) is 0.724. The van der Waals surface area contributed by atoms with Crippen LogP contribution in [-0.4, -0.2) is 57.6 Å². The topological polar surface area (TPSA) is 76.2 Å². The van der Waals surface area contributed by atoms with E-state index in [-0.39, 0.29) is 23.0 Å². The van der Waals surface area contributed by atoms with E-state index >= 15 is 0 Å². The average molecular weight is 445 g/mol. The summed E-state index contributed by atoms with van der Waals surface area (Å²) < 4.78 is 39.1. The van der Waals surface area contributed by atoms with Gasteiger partial charge in [-0.2, -0.15) is 4.31 Å². The molecule has 7 nitrogen and oxygen atoms in total. The number of fused-ring (bicyclic) bond motifs is 1. The van der Waals surface area contributed by atoms with Crippen molar-refractivity contribution in [3.63, 3.8) is 0 Å². The number of carbonyl (C=O) groups is 1. The first-order valence-corrected chi connectivity index (χ1v) is 12.0. The first-order valence-electron chi connectivity index (χ1n) is 10.5. The van der Waals surface area contributed by atoms with Gasteiger partial charge in [0.15, 0.2) is 0 Å². The fraction of sp³-hybridized carbons (Fsp3) is 0.435. The van der Waals surface area contributed by atoms with E-state index in [4.69, 9.17) is 9.47 Å². The monoisotopic (exact) mass is 444 g/mol. The molecule has 2 aromatic rings. The maximum Gasteiger partial charge on any atom is 0.258 e. The van der Waals surface area contributed by atoms with Crippen molar-refractivity contribution >= 4 is 21.6 Å². The highest BCUT2D eigenvalue weighted by Gasteiger charge is 2.33. The number of nitrogens with zero attached hydrogens (tertiary/aromatic N) is 2. The molecule has 4 rings (SSSR count). The Morgan fingerprint density at radius 3 is 2.52 bits per heavy atom. The summed E-state index contributed by atoms with van der Waals surface area (Å²) in [7, 11) is -2.14. The fourth-order valence-corrected chi connectivity index (χ4v) is 6.04. The molecule has 1 fully saturated rings. The Balaban J connectivity index is 1.66. The zero-order chi connectivity index (χ0) is 22.2. The molecule has 1 saturated heterocycles.